The molecule has 1 N–H and O–H groups in total. The number of aryl methyl sites for hydroxylation is 2. The molecule has 0 unspecified atom stereocenters. The number of rotatable bonds is 8. The summed E-state index contributed by atoms with van der Waals surface area (Å²) >= 11 is 0. The molecule has 1 atom stereocenters. The van der Waals surface area contributed by atoms with Gasteiger partial charge in [-0.2, -0.15) is 0 Å². The highest BCUT2D eigenvalue weighted by Crippen LogP contribution is 2.24. The van der Waals surface area contributed by atoms with Crippen LogP contribution in [0.1, 0.15) is 32.9 Å². The molecule has 3 aromatic carbocycles. The minimum Gasteiger partial charge on any atom is -0.441 e. The van der Waals surface area contributed by atoms with Gasteiger partial charge in [-0.25, -0.2) is 4.98 Å². The average molecular weight is 459 g/mol. The highest BCUT2D eigenvalue weighted by atomic mass is 32.2. The van der Waals surface area contributed by atoms with Gasteiger partial charge in [0, 0.05) is 22.6 Å². The number of nitrogens with one attached hydrogen (secondary N) is 1. The molecule has 4 aromatic rings. The molecule has 0 aliphatic carbocycles. The molecule has 0 aliphatic rings. The molecule has 1 aromatic heterocycles. The van der Waals surface area contributed by atoms with Crippen molar-refractivity contribution in [1.82, 2.24) is 10.3 Å². The van der Waals surface area contributed by atoms with Crippen LogP contribution in [0.5, 0.6) is 0 Å². The summed E-state index contributed by atoms with van der Waals surface area (Å²) in [6.45, 7) is 4.40. The molecule has 4 rings (SSSR count). The number of hydrogen-bond acceptors (Lipinski definition) is 4. The van der Waals surface area contributed by atoms with Crippen LogP contribution < -0.4 is 5.32 Å². The Morgan fingerprint density at radius 2 is 1.64 bits per heavy atom. The van der Waals surface area contributed by atoms with Crippen LogP contribution in [0, 0.1) is 13.8 Å². The predicted octanol–water partition coefficient (Wildman–Crippen LogP) is 5.24. The molecule has 1 amide bonds. The Bertz CT molecular complexity index is 1250. The lowest BCUT2D eigenvalue weighted by Gasteiger charge is -2.06. The zero-order valence-corrected chi connectivity index (χ0v) is 19.5. The van der Waals surface area contributed by atoms with Crippen molar-refractivity contribution in [1.29, 1.82) is 0 Å². The number of carbonyl (C=O) groups is 1. The lowest BCUT2D eigenvalue weighted by Crippen LogP contribution is -2.25. The number of carbonyl (C=O) groups excluding carboxylic acids is 1. The number of aromatic nitrogens is 1. The van der Waals surface area contributed by atoms with Crippen LogP contribution in [0.3, 0.4) is 0 Å². The van der Waals surface area contributed by atoms with E-state index in [9.17, 15) is 9.00 Å². The molecule has 0 fully saturated rings. The minimum absolute atomic E-state index is 0.116. The van der Waals surface area contributed by atoms with Crippen molar-refractivity contribution in [2.45, 2.75) is 30.9 Å². The van der Waals surface area contributed by atoms with Crippen LogP contribution in [0.4, 0.5) is 0 Å². The highest BCUT2D eigenvalue weighted by molar-refractivity contribution is 7.84. The van der Waals surface area contributed by atoms with Crippen LogP contribution >= 0.6 is 0 Å². The van der Waals surface area contributed by atoms with E-state index in [0.29, 0.717) is 35.2 Å². The van der Waals surface area contributed by atoms with Crippen LogP contribution in [0.15, 0.2) is 88.2 Å². The molecule has 0 saturated heterocycles. The number of oxazole rings is 1. The lowest BCUT2D eigenvalue weighted by atomic mass is 10.1. The summed E-state index contributed by atoms with van der Waals surface area (Å²) in [6, 6.07) is 24.9. The Balaban J connectivity index is 1.38. The Morgan fingerprint density at radius 1 is 0.939 bits per heavy atom. The van der Waals surface area contributed by atoms with Crippen molar-refractivity contribution in [2.75, 3.05) is 6.54 Å². The molecule has 0 aliphatic heterocycles. The molecule has 0 bridgehead atoms. The Morgan fingerprint density at radius 3 is 2.33 bits per heavy atom. The van der Waals surface area contributed by atoms with Gasteiger partial charge < -0.3 is 9.73 Å². The van der Waals surface area contributed by atoms with Gasteiger partial charge in [-0.1, -0.05) is 48.0 Å². The maximum Gasteiger partial charge on any atom is 0.251 e. The van der Waals surface area contributed by atoms with E-state index in [2.05, 4.69) is 10.3 Å². The molecule has 168 valence electrons. The average Bonchev–Trinajstić information content (AvgIpc) is 3.20. The highest BCUT2D eigenvalue weighted by Gasteiger charge is 2.16. The van der Waals surface area contributed by atoms with Crippen LogP contribution in [0.25, 0.3) is 11.5 Å². The molecule has 0 radical (unpaired) electrons. The Hall–Kier alpha value is -3.51. The van der Waals surface area contributed by atoms with E-state index < -0.39 is 10.8 Å². The fraction of sp³-hybridized carbons (Fsp3) is 0.185. The fourth-order valence-electron chi connectivity index (χ4n) is 3.41. The number of nitrogens with zero attached hydrogens (tertiary/aromatic N) is 1. The van der Waals surface area contributed by atoms with Gasteiger partial charge in [0.15, 0.2) is 0 Å². The molecule has 5 nitrogen and oxygen atoms in total. The topological polar surface area (TPSA) is 72.2 Å². The molecular formula is C27H26N2O3S. The first kappa shape index (κ1) is 22.7. The zero-order valence-electron chi connectivity index (χ0n) is 18.7. The van der Waals surface area contributed by atoms with Gasteiger partial charge in [0.2, 0.25) is 5.89 Å². The largest absolute Gasteiger partial charge is 0.441 e. The molecule has 1 heterocycles. The van der Waals surface area contributed by atoms with Crippen molar-refractivity contribution < 1.29 is 13.4 Å². The van der Waals surface area contributed by atoms with Crippen molar-refractivity contribution >= 4 is 16.7 Å². The normalized spacial score (nSPS) is 11.8. The van der Waals surface area contributed by atoms with E-state index in [1.165, 1.54) is 5.56 Å². The van der Waals surface area contributed by atoms with E-state index in [1.54, 1.807) is 12.1 Å². The van der Waals surface area contributed by atoms with E-state index in [4.69, 9.17) is 4.42 Å². The molecular weight excluding hydrogens is 432 g/mol. The van der Waals surface area contributed by atoms with Gasteiger partial charge >= 0.3 is 0 Å². The maximum atomic E-state index is 12.7. The first-order valence-corrected chi connectivity index (χ1v) is 12.2. The Kier molecular flexibility index (Phi) is 7.15. The van der Waals surface area contributed by atoms with Crippen LogP contribution in [-0.2, 0) is 23.0 Å². The zero-order chi connectivity index (χ0) is 23.2. The first-order valence-electron chi connectivity index (χ1n) is 10.8. The van der Waals surface area contributed by atoms with Crippen molar-refractivity contribution in [3.8, 4) is 11.5 Å². The molecule has 0 saturated carbocycles. The molecule has 33 heavy (non-hydrogen) atoms. The number of hydrogen-bond donors (Lipinski definition) is 1. The van der Waals surface area contributed by atoms with Crippen molar-refractivity contribution in [2.24, 2.45) is 0 Å². The smallest absolute Gasteiger partial charge is 0.251 e. The van der Waals surface area contributed by atoms with Gasteiger partial charge in [-0.05, 0) is 62.2 Å². The van der Waals surface area contributed by atoms with Crippen LogP contribution in [0.2, 0.25) is 0 Å². The monoisotopic (exact) mass is 458 g/mol. The standard InChI is InChI=1S/C27H26N2O3S/c1-19-8-14-24(15-9-19)33(31)18-25-20(2)32-27(29-25)23-12-10-22(11-13-23)26(30)28-17-16-21-6-4-3-5-7-21/h3-15H,16-18H2,1-2H3,(H,28,30)/t33-/m0/s1. The number of benzene rings is 3. The third-order valence-electron chi connectivity index (χ3n) is 5.38. The Labute approximate surface area is 196 Å². The summed E-state index contributed by atoms with van der Waals surface area (Å²) in [5.74, 6) is 1.28. The van der Waals surface area contributed by atoms with E-state index in [0.717, 1.165) is 22.4 Å². The van der Waals surface area contributed by atoms with Gasteiger partial charge in [0.25, 0.3) is 5.91 Å². The first-order chi connectivity index (χ1) is 16.0. The van der Waals surface area contributed by atoms with E-state index >= 15 is 0 Å². The summed E-state index contributed by atoms with van der Waals surface area (Å²) in [5.41, 5.74) is 4.34. The summed E-state index contributed by atoms with van der Waals surface area (Å²) in [7, 11) is -1.20. The fourth-order valence-corrected chi connectivity index (χ4v) is 4.54. The van der Waals surface area contributed by atoms with E-state index in [-0.39, 0.29) is 5.91 Å². The number of amides is 1. The van der Waals surface area contributed by atoms with Crippen molar-refractivity contribution in [3.05, 3.63) is 107 Å². The SMILES string of the molecule is Cc1ccc([S@@](=O)Cc2nc(-c3ccc(C(=O)NCCc4ccccc4)cc3)oc2C)cc1. The molecule has 0 spiro atoms. The third kappa shape index (κ3) is 5.84. The second-order valence-electron chi connectivity index (χ2n) is 7.89. The van der Waals surface area contributed by atoms with Crippen molar-refractivity contribution in [3.63, 3.8) is 0 Å². The summed E-state index contributed by atoms with van der Waals surface area (Å²) < 4.78 is 18.5. The quantitative estimate of drug-likeness (QED) is 0.392. The summed E-state index contributed by atoms with van der Waals surface area (Å²) in [6.07, 6.45) is 0.785. The summed E-state index contributed by atoms with van der Waals surface area (Å²) in [4.78, 5) is 17.8. The summed E-state index contributed by atoms with van der Waals surface area (Å²) in [5, 5.41) is 2.95. The second-order valence-corrected chi connectivity index (χ2v) is 9.34. The van der Waals surface area contributed by atoms with Crippen LogP contribution in [-0.4, -0.2) is 21.6 Å². The van der Waals surface area contributed by atoms with Gasteiger partial charge in [0.1, 0.15) is 5.76 Å². The van der Waals surface area contributed by atoms with Gasteiger partial charge in [-0.3, -0.25) is 9.00 Å². The lowest BCUT2D eigenvalue weighted by molar-refractivity contribution is 0.0954. The second kappa shape index (κ2) is 10.4. The third-order valence-corrected chi connectivity index (χ3v) is 6.71. The van der Waals surface area contributed by atoms with Gasteiger partial charge in [0.05, 0.1) is 22.2 Å². The predicted molar refractivity (Wildman–Crippen MR) is 130 cm³/mol. The molecule has 6 heteroatoms. The maximum absolute atomic E-state index is 12.7. The minimum atomic E-state index is -1.20. The van der Waals surface area contributed by atoms with E-state index in [1.807, 2.05) is 80.6 Å². The van der Waals surface area contributed by atoms with Gasteiger partial charge in [-0.15, -0.1) is 0 Å².